The van der Waals surface area contributed by atoms with Gasteiger partial charge in [-0.2, -0.15) is 0 Å². The summed E-state index contributed by atoms with van der Waals surface area (Å²) in [6.07, 6.45) is 2.14. The van der Waals surface area contributed by atoms with Gasteiger partial charge in [0.05, 0.1) is 18.1 Å². The van der Waals surface area contributed by atoms with Crippen LogP contribution in [0.15, 0.2) is 12.1 Å². The zero-order valence-corrected chi connectivity index (χ0v) is 12.7. The zero-order valence-electron chi connectivity index (χ0n) is 11.1. The molecule has 1 aromatic rings. The van der Waals surface area contributed by atoms with Gasteiger partial charge in [-0.1, -0.05) is 11.6 Å². The van der Waals surface area contributed by atoms with E-state index in [2.05, 4.69) is 0 Å². The van der Waals surface area contributed by atoms with Gasteiger partial charge >= 0.3 is 0 Å². The Morgan fingerprint density at radius 3 is 2.95 bits per heavy atom. The van der Waals surface area contributed by atoms with Gasteiger partial charge in [0.1, 0.15) is 5.75 Å². The Morgan fingerprint density at radius 2 is 2.25 bits per heavy atom. The summed E-state index contributed by atoms with van der Waals surface area (Å²) in [6, 6.07) is 3.65. The molecule has 2 aliphatic heterocycles. The SMILES string of the molecule is NC(Cc1cc(Cl)cc2c1OCC2)C1CCS(=O)(=O)C1. The quantitative estimate of drug-likeness (QED) is 0.919. The van der Waals surface area contributed by atoms with E-state index in [9.17, 15) is 8.42 Å². The number of fused-ring (bicyclic) bond motifs is 1. The third kappa shape index (κ3) is 2.80. The molecular weight excluding hydrogens is 298 g/mol. The summed E-state index contributed by atoms with van der Waals surface area (Å²) in [6.45, 7) is 0.676. The normalized spacial score (nSPS) is 25.2. The number of hydrogen-bond donors (Lipinski definition) is 1. The molecule has 110 valence electrons. The van der Waals surface area contributed by atoms with Crippen LogP contribution in [0.4, 0.5) is 0 Å². The molecule has 1 saturated heterocycles. The largest absolute Gasteiger partial charge is 0.493 e. The van der Waals surface area contributed by atoms with Crippen LogP contribution in [0.1, 0.15) is 17.5 Å². The summed E-state index contributed by atoms with van der Waals surface area (Å²) in [5, 5.41) is 0.690. The average molecular weight is 316 g/mol. The minimum absolute atomic E-state index is 0.0380. The number of hydrogen-bond acceptors (Lipinski definition) is 4. The maximum absolute atomic E-state index is 11.5. The summed E-state index contributed by atoms with van der Waals surface area (Å²) in [5.41, 5.74) is 8.34. The van der Waals surface area contributed by atoms with Crippen LogP contribution >= 0.6 is 11.6 Å². The molecule has 2 unspecified atom stereocenters. The minimum atomic E-state index is -2.89. The number of benzene rings is 1. The van der Waals surface area contributed by atoms with E-state index in [0.29, 0.717) is 24.5 Å². The summed E-state index contributed by atoms with van der Waals surface area (Å²) in [4.78, 5) is 0. The Morgan fingerprint density at radius 1 is 1.45 bits per heavy atom. The standard InChI is InChI=1S/C14H18ClNO3S/c15-12-5-9-1-3-19-14(9)11(6-12)7-13(16)10-2-4-20(17,18)8-10/h5-6,10,13H,1-4,7-8,16H2. The van der Waals surface area contributed by atoms with Crippen LogP contribution in [0.2, 0.25) is 5.02 Å². The molecule has 3 rings (SSSR count). The number of nitrogens with two attached hydrogens (primary N) is 1. The van der Waals surface area contributed by atoms with E-state index in [4.69, 9.17) is 22.1 Å². The van der Waals surface area contributed by atoms with Crippen molar-refractivity contribution in [2.45, 2.75) is 25.3 Å². The first-order chi connectivity index (χ1) is 9.44. The molecule has 0 radical (unpaired) electrons. The average Bonchev–Trinajstić information content (AvgIpc) is 2.95. The van der Waals surface area contributed by atoms with Crippen LogP contribution in [0, 0.1) is 5.92 Å². The monoisotopic (exact) mass is 315 g/mol. The van der Waals surface area contributed by atoms with Crippen LogP contribution in [0.3, 0.4) is 0 Å². The van der Waals surface area contributed by atoms with E-state index in [1.165, 1.54) is 0 Å². The second kappa shape index (κ2) is 5.20. The Kier molecular flexibility index (Phi) is 3.69. The van der Waals surface area contributed by atoms with Crippen molar-refractivity contribution < 1.29 is 13.2 Å². The Balaban J connectivity index is 1.78. The van der Waals surface area contributed by atoms with Crippen molar-refractivity contribution in [2.75, 3.05) is 18.1 Å². The first-order valence-electron chi connectivity index (χ1n) is 6.85. The summed E-state index contributed by atoms with van der Waals surface area (Å²) in [5.74, 6) is 1.40. The lowest BCUT2D eigenvalue weighted by molar-refractivity contribution is 0.350. The van der Waals surface area contributed by atoms with Gasteiger partial charge in [-0.05, 0) is 42.0 Å². The van der Waals surface area contributed by atoms with E-state index < -0.39 is 9.84 Å². The highest BCUT2D eigenvalue weighted by molar-refractivity contribution is 7.91. The van der Waals surface area contributed by atoms with Gasteiger partial charge in [0.25, 0.3) is 0 Å². The molecule has 2 heterocycles. The highest BCUT2D eigenvalue weighted by Gasteiger charge is 2.32. The molecule has 0 aliphatic carbocycles. The molecular formula is C14H18ClNO3S. The predicted octanol–water partition coefficient (Wildman–Crippen LogP) is 1.58. The zero-order chi connectivity index (χ0) is 14.3. The molecule has 0 aromatic heterocycles. The van der Waals surface area contributed by atoms with Crippen LogP contribution in [0.25, 0.3) is 0 Å². The van der Waals surface area contributed by atoms with Gasteiger partial charge < -0.3 is 10.5 Å². The van der Waals surface area contributed by atoms with Gasteiger partial charge in [-0.25, -0.2) is 8.42 Å². The third-order valence-electron chi connectivity index (χ3n) is 4.15. The summed E-state index contributed by atoms with van der Waals surface area (Å²) >= 11 is 6.12. The molecule has 4 nitrogen and oxygen atoms in total. The fourth-order valence-corrected chi connectivity index (χ4v) is 5.24. The fourth-order valence-electron chi connectivity index (χ4n) is 3.08. The Labute approximate surface area is 124 Å². The lowest BCUT2D eigenvalue weighted by atomic mass is 9.92. The molecule has 1 aromatic carbocycles. The predicted molar refractivity (Wildman–Crippen MR) is 79.1 cm³/mol. The van der Waals surface area contributed by atoms with Gasteiger partial charge in [0.2, 0.25) is 0 Å². The van der Waals surface area contributed by atoms with Gasteiger partial charge in [0, 0.05) is 17.5 Å². The summed E-state index contributed by atoms with van der Waals surface area (Å²) in [7, 11) is -2.89. The van der Waals surface area contributed by atoms with Crippen molar-refractivity contribution in [1.29, 1.82) is 0 Å². The third-order valence-corrected chi connectivity index (χ3v) is 6.17. The van der Waals surface area contributed by atoms with Crippen LogP contribution < -0.4 is 10.5 Å². The first-order valence-corrected chi connectivity index (χ1v) is 9.05. The van der Waals surface area contributed by atoms with E-state index in [-0.39, 0.29) is 23.5 Å². The maximum atomic E-state index is 11.5. The maximum Gasteiger partial charge on any atom is 0.150 e. The highest BCUT2D eigenvalue weighted by Crippen LogP contribution is 2.34. The molecule has 20 heavy (non-hydrogen) atoms. The van der Waals surface area contributed by atoms with Crippen LogP contribution in [0.5, 0.6) is 5.75 Å². The fraction of sp³-hybridized carbons (Fsp3) is 0.571. The van der Waals surface area contributed by atoms with Crippen molar-refractivity contribution in [3.05, 3.63) is 28.3 Å². The molecule has 6 heteroatoms. The topological polar surface area (TPSA) is 69.4 Å². The van der Waals surface area contributed by atoms with E-state index in [1.807, 2.05) is 12.1 Å². The van der Waals surface area contributed by atoms with Crippen molar-refractivity contribution in [3.63, 3.8) is 0 Å². The lowest BCUT2D eigenvalue weighted by Gasteiger charge is -2.19. The molecule has 2 N–H and O–H groups in total. The number of sulfone groups is 1. The minimum Gasteiger partial charge on any atom is -0.493 e. The van der Waals surface area contributed by atoms with Crippen molar-refractivity contribution in [2.24, 2.45) is 11.7 Å². The second-order valence-electron chi connectivity index (χ2n) is 5.68. The Bertz CT molecular complexity index is 630. The number of ether oxygens (including phenoxy) is 1. The molecule has 1 fully saturated rings. The van der Waals surface area contributed by atoms with Crippen LogP contribution in [-0.4, -0.2) is 32.6 Å². The van der Waals surface area contributed by atoms with Crippen molar-refractivity contribution in [1.82, 2.24) is 0 Å². The highest BCUT2D eigenvalue weighted by atomic mass is 35.5. The molecule has 0 saturated carbocycles. The van der Waals surface area contributed by atoms with Crippen LogP contribution in [-0.2, 0) is 22.7 Å². The van der Waals surface area contributed by atoms with E-state index in [0.717, 1.165) is 23.3 Å². The second-order valence-corrected chi connectivity index (χ2v) is 8.35. The molecule has 2 atom stereocenters. The van der Waals surface area contributed by atoms with Gasteiger partial charge in [0.15, 0.2) is 9.84 Å². The van der Waals surface area contributed by atoms with E-state index >= 15 is 0 Å². The van der Waals surface area contributed by atoms with Gasteiger partial charge in [-0.15, -0.1) is 0 Å². The number of halogens is 1. The molecule has 0 bridgehead atoms. The number of rotatable bonds is 3. The lowest BCUT2D eigenvalue weighted by Crippen LogP contribution is -2.33. The first kappa shape index (κ1) is 14.2. The van der Waals surface area contributed by atoms with Crippen molar-refractivity contribution >= 4 is 21.4 Å². The Hall–Kier alpha value is -0.780. The molecule has 0 spiro atoms. The van der Waals surface area contributed by atoms with Gasteiger partial charge in [-0.3, -0.25) is 0 Å². The smallest absolute Gasteiger partial charge is 0.150 e. The van der Waals surface area contributed by atoms with Crippen molar-refractivity contribution in [3.8, 4) is 5.75 Å². The molecule has 2 aliphatic rings. The van der Waals surface area contributed by atoms with E-state index in [1.54, 1.807) is 0 Å². The molecule has 0 amide bonds. The summed E-state index contributed by atoms with van der Waals surface area (Å²) < 4.78 is 28.7.